The van der Waals surface area contributed by atoms with Crippen molar-refractivity contribution in [3.8, 4) is 0 Å². The van der Waals surface area contributed by atoms with Crippen LogP contribution in [0.1, 0.15) is 13.3 Å². The maximum Gasteiger partial charge on any atom is 0.323 e. The minimum atomic E-state index is -0.219. The molecule has 0 aliphatic rings. The predicted molar refractivity (Wildman–Crippen MR) is 69.8 cm³/mol. The van der Waals surface area contributed by atoms with Gasteiger partial charge in [0, 0.05) is 16.8 Å². The van der Waals surface area contributed by atoms with Gasteiger partial charge in [0.2, 0.25) is 0 Å². The second-order valence-electron chi connectivity index (χ2n) is 3.14. The number of carbonyl (C=O) groups excluding carboxylic acids is 1. The minimum Gasteiger partial charge on any atom is -0.315 e. The van der Waals surface area contributed by atoms with Crippen molar-refractivity contribution < 1.29 is 4.79 Å². The van der Waals surface area contributed by atoms with Crippen molar-refractivity contribution >= 4 is 23.5 Å². The van der Waals surface area contributed by atoms with Crippen LogP contribution in [0.25, 0.3) is 0 Å². The highest BCUT2D eigenvalue weighted by Gasteiger charge is 1.99. The summed E-state index contributed by atoms with van der Waals surface area (Å²) >= 11 is 1.65. The second kappa shape index (κ2) is 6.95. The highest BCUT2D eigenvalue weighted by atomic mass is 32.2. The second-order valence-corrected chi connectivity index (χ2v) is 4.02. The lowest BCUT2D eigenvalue weighted by atomic mass is 10.3. The number of urea groups is 1. The number of amides is 2. The standard InChI is InChI=1S/C12H16N2OS/c1-3-4-8-13-12(15)14-10-6-5-7-11(9-10)16-2/h4-9H,3H2,1-2H3,(H2,13,14,15)/b8-4+. The number of hydrogen-bond donors (Lipinski definition) is 2. The summed E-state index contributed by atoms with van der Waals surface area (Å²) in [6.07, 6.45) is 6.44. The fourth-order valence-electron chi connectivity index (χ4n) is 1.12. The van der Waals surface area contributed by atoms with Gasteiger partial charge < -0.3 is 10.6 Å². The molecule has 0 bridgehead atoms. The quantitative estimate of drug-likeness (QED) is 0.786. The van der Waals surface area contributed by atoms with Gasteiger partial charge in [-0.15, -0.1) is 11.8 Å². The Morgan fingerprint density at radius 2 is 2.31 bits per heavy atom. The van der Waals surface area contributed by atoms with Crippen molar-refractivity contribution in [2.75, 3.05) is 11.6 Å². The molecule has 0 aromatic heterocycles. The Labute approximate surface area is 100 Å². The van der Waals surface area contributed by atoms with Crippen LogP contribution in [0.2, 0.25) is 0 Å². The van der Waals surface area contributed by atoms with Gasteiger partial charge in [0.05, 0.1) is 0 Å². The van der Waals surface area contributed by atoms with Gasteiger partial charge in [0.1, 0.15) is 0 Å². The molecule has 0 aliphatic carbocycles. The molecule has 1 aromatic rings. The Balaban J connectivity index is 2.52. The summed E-state index contributed by atoms with van der Waals surface area (Å²) in [5, 5.41) is 5.39. The van der Waals surface area contributed by atoms with Crippen molar-refractivity contribution in [2.24, 2.45) is 0 Å². The van der Waals surface area contributed by atoms with Crippen molar-refractivity contribution in [3.05, 3.63) is 36.5 Å². The van der Waals surface area contributed by atoms with Gasteiger partial charge in [-0.05, 0) is 30.9 Å². The van der Waals surface area contributed by atoms with E-state index in [-0.39, 0.29) is 6.03 Å². The van der Waals surface area contributed by atoms with E-state index in [1.165, 1.54) is 0 Å². The first-order chi connectivity index (χ1) is 7.76. The third kappa shape index (κ3) is 4.40. The van der Waals surface area contributed by atoms with Gasteiger partial charge in [0.25, 0.3) is 0 Å². The lowest BCUT2D eigenvalue weighted by Crippen LogP contribution is -2.23. The molecular formula is C12H16N2OS. The number of thioether (sulfide) groups is 1. The average molecular weight is 236 g/mol. The molecule has 4 heteroatoms. The zero-order valence-electron chi connectivity index (χ0n) is 9.49. The number of rotatable bonds is 4. The van der Waals surface area contributed by atoms with Gasteiger partial charge in [-0.25, -0.2) is 4.79 Å². The summed E-state index contributed by atoms with van der Waals surface area (Å²) in [7, 11) is 0. The molecule has 1 aromatic carbocycles. The van der Waals surface area contributed by atoms with Crippen LogP contribution in [-0.2, 0) is 0 Å². The molecule has 0 saturated carbocycles. The number of anilines is 1. The van der Waals surface area contributed by atoms with Crippen LogP contribution in [-0.4, -0.2) is 12.3 Å². The van der Waals surface area contributed by atoms with Crippen molar-refractivity contribution in [2.45, 2.75) is 18.2 Å². The molecule has 0 fully saturated rings. The molecule has 0 unspecified atom stereocenters. The Morgan fingerprint density at radius 1 is 1.50 bits per heavy atom. The third-order valence-electron chi connectivity index (χ3n) is 1.90. The lowest BCUT2D eigenvalue weighted by molar-refractivity contribution is 0.255. The SMILES string of the molecule is CC/C=C/NC(=O)Nc1cccc(SC)c1. The summed E-state index contributed by atoms with van der Waals surface area (Å²) in [5.74, 6) is 0. The largest absolute Gasteiger partial charge is 0.323 e. The number of benzene rings is 1. The third-order valence-corrected chi connectivity index (χ3v) is 2.62. The van der Waals surface area contributed by atoms with Gasteiger partial charge in [-0.3, -0.25) is 0 Å². The number of hydrogen-bond acceptors (Lipinski definition) is 2. The topological polar surface area (TPSA) is 41.1 Å². The van der Waals surface area contributed by atoms with Crippen molar-refractivity contribution in [3.63, 3.8) is 0 Å². The molecule has 2 N–H and O–H groups in total. The fourth-order valence-corrected chi connectivity index (χ4v) is 1.58. The van der Waals surface area contributed by atoms with Gasteiger partial charge in [-0.2, -0.15) is 0 Å². The monoisotopic (exact) mass is 236 g/mol. The summed E-state index contributed by atoms with van der Waals surface area (Å²) < 4.78 is 0. The summed E-state index contributed by atoms with van der Waals surface area (Å²) in [4.78, 5) is 12.5. The van der Waals surface area contributed by atoms with Crippen LogP contribution in [0.3, 0.4) is 0 Å². The number of allylic oxidation sites excluding steroid dienone is 1. The lowest BCUT2D eigenvalue weighted by Gasteiger charge is -2.05. The summed E-state index contributed by atoms with van der Waals surface area (Å²) in [6.45, 7) is 2.01. The van der Waals surface area contributed by atoms with Crippen molar-refractivity contribution in [1.29, 1.82) is 0 Å². The highest BCUT2D eigenvalue weighted by molar-refractivity contribution is 7.98. The van der Waals surface area contributed by atoms with Crippen LogP contribution in [0.15, 0.2) is 41.4 Å². The van der Waals surface area contributed by atoms with Crippen LogP contribution >= 0.6 is 11.8 Å². The maximum absolute atomic E-state index is 11.4. The van der Waals surface area contributed by atoms with E-state index in [2.05, 4.69) is 10.6 Å². The molecule has 1 rings (SSSR count). The first-order valence-electron chi connectivity index (χ1n) is 5.13. The Bertz CT molecular complexity index is 377. The first-order valence-corrected chi connectivity index (χ1v) is 6.35. The molecule has 0 spiro atoms. The predicted octanol–water partition coefficient (Wildman–Crippen LogP) is 3.45. The van der Waals surface area contributed by atoms with E-state index in [0.29, 0.717) is 0 Å². The van der Waals surface area contributed by atoms with Crippen molar-refractivity contribution in [1.82, 2.24) is 5.32 Å². The van der Waals surface area contributed by atoms with Crippen LogP contribution in [0.4, 0.5) is 10.5 Å². The van der Waals surface area contributed by atoms with Crippen LogP contribution in [0.5, 0.6) is 0 Å². The highest BCUT2D eigenvalue weighted by Crippen LogP contribution is 2.18. The smallest absolute Gasteiger partial charge is 0.315 e. The van der Waals surface area contributed by atoms with E-state index >= 15 is 0 Å². The van der Waals surface area contributed by atoms with E-state index in [0.717, 1.165) is 17.0 Å². The molecule has 86 valence electrons. The average Bonchev–Trinajstić information content (AvgIpc) is 2.29. The molecule has 3 nitrogen and oxygen atoms in total. The molecule has 0 atom stereocenters. The van der Waals surface area contributed by atoms with E-state index < -0.39 is 0 Å². The van der Waals surface area contributed by atoms with E-state index in [4.69, 9.17) is 0 Å². The van der Waals surface area contributed by atoms with Crippen LogP contribution < -0.4 is 10.6 Å². The Kier molecular flexibility index (Phi) is 5.50. The molecule has 2 amide bonds. The molecular weight excluding hydrogens is 220 g/mol. The zero-order chi connectivity index (χ0) is 11.8. The Morgan fingerprint density at radius 3 is 3.00 bits per heavy atom. The number of nitrogens with one attached hydrogen (secondary N) is 2. The van der Waals surface area contributed by atoms with Gasteiger partial charge in [0.15, 0.2) is 0 Å². The molecule has 0 radical (unpaired) electrons. The van der Waals surface area contributed by atoms with Crippen LogP contribution in [0, 0.1) is 0 Å². The zero-order valence-corrected chi connectivity index (χ0v) is 10.3. The normalized spacial score (nSPS) is 10.4. The summed E-state index contributed by atoms with van der Waals surface area (Å²) in [6, 6.07) is 7.51. The minimum absolute atomic E-state index is 0.219. The van der Waals surface area contributed by atoms with E-state index in [1.807, 2.05) is 43.5 Å². The fraction of sp³-hybridized carbons (Fsp3) is 0.250. The summed E-state index contributed by atoms with van der Waals surface area (Å²) in [5.41, 5.74) is 0.800. The Hall–Kier alpha value is -1.42. The maximum atomic E-state index is 11.4. The van der Waals surface area contributed by atoms with E-state index in [9.17, 15) is 4.79 Å². The molecule has 0 saturated heterocycles. The van der Waals surface area contributed by atoms with E-state index in [1.54, 1.807) is 18.0 Å². The molecule has 0 aliphatic heterocycles. The number of carbonyl (C=O) groups is 1. The first kappa shape index (κ1) is 12.6. The molecule has 16 heavy (non-hydrogen) atoms. The van der Waals surface area contributed by atoms with Gasteiger partial charge >= 0.3 is 6.03 Å². The molecule has 0 heterocycles. The van der Waals surface area contributed by atoms with Gasteiger partial charge in [-0.1, -0.05) is 19.1 Å².